The molecule has 0 saturated carbocycles. The first-order valence-electron chi connectivity index (χ1n) is 6.89. The SMILES string of the molecule is NNc1nc(N2CCCCc3ccccc32)c(Cl)cc1Cl. The maximum Gasteiger partial charge on any atom is 0.161 e. The Hall–Kier alpha value is -1.49. The highest BCUT2D eigenvalue weighted by Gasteiger charge is 2.21. The molecule has 3 rings (SSSR count). The van der Waals surface area contributed by atoms with E-state index in [1.165, 1.54) is 5.56 Å². The van der Waals surface area contributed by atoms with Crippen molar-refractivity contribution in [1.29, 1.82) is 0 Å². The highest BCUT2D eigenvalue weighted by Crippen LogP contribution is 2.37. The fourth-order valence-electron chi connectivity index (χ4n) is 2.66. The number of pyridine rings is 1. The number of nitrogens with one attached hydrogen (secondary N) is 1. The number of halogens is 2. The third-order valence-electron chi connectivity index (χ3n) is 3.66. The lowest BCUT2D eigenvalue weighted by Crippen LogP contribution is -2.21. The van der Waals surface area contributed by atoms with E-state index in [-0.39, 0.29) is 0 Å². The van der Waals surface area contributed by atoms with Crippen LogP contribution in [0.25, 0.3) is 0 Å². The van der Waals surface area contributed by atoms with Gasteiger partial charge in [0.25, 0.3) is 0 Å². The molecule has 2 heterocycles. The number of para-hydroxylation sites is 1. The van der Waals surface area contributed by atoms with Crippen LogP contribution in [0.4, 0.5) is 17.3 Å². The van der Waals surface area contributed by atoms with Crippen molar-refractivity contribution in [2.45, 2.75) is 19.3 Å². The molecule has 1 aromatic carbocycles. The number of hydrazine groups is 1. The average molecular weight is 323 g/mol. The third kappa shape index (κ3) is 2.79. The molecule has 0 atom stereocenters. The molecule has 0 bridgehead atoms. The second-order valence-corrected chi connectivity index (χ2v) is 5.82. The van der Waals surface area contributed by atoms with E-state index >= 15 is 0 Å². The quantitative estimate of drug-likeness (QED) is 0.644. The molecule has 0 amide bonds. The van der Waals surface area contributed by atoms with Crippen molar-refractivity contribution < 1.29 is 0 Å². The number of nitrogens with zero attached hydrogens (tertiary/aromatic N) is 2. The predicted octanol–water partition coefficient (Wildman–Crippen LogP) is 4.15. The average Bonchev–Trinajstić information content (AvgIpc) is 2.70. The first kappa shape index (κ1) is 14.4. The van der Waals surface area contributed by atoms with Gasteiger partial charge in [0, 0.05) is 12.2 Å². The minimum atomic E-state index is 0.411. The molecule has 0 saturated heterocycles. The first-order chi connectivity index (χ1) is 10.2. The van der Waals surface area contributed by atoms with Gasteiger partial charge in [-0.15, -0.1) is 0 Å². The Bertz CT molecular complexity index is 660. The summed E-state index contributed by atoms with van der Waals surface area (Å²) in [5, 5.41) is 0.935. The van der Waals surface area contributed by atoms with Gasteiger partial charge in [-0.3, -0.25) is 0 Å². The molecule has 110 valence electrons. The second-order valence-electron chi connectivity index (χ2n) is 5.01. The molecule has 21 heavy (non-hydrogen) atoms. The standard InChI is InChI=1S/C15H16Cl2N4/c16-11-9-12(17)15(19-14(11)20-18)21-8-4-3-6-10-5-1-2-7-13(10)21/h1-2,5,7,9H,3-4,6,8,18H2,(H,19,20). The Balaban J connectivity index is 2.12. The van der Waals surface area contributed by atoms with E-state index in [4.69, 9.17) is 29.0 Å². The molecule has 1 aliphatic heterocycles. The van der Waals surface area contributed by atoms with Gasteiger partial charge < -0.3 is 10.3 Å². The van der Waals surface area contributed by atoms with E-state index < -0.39 is 0 Å². The minimum Gasteiger partial charge on any atom is -0.325 e. The van der Waals surface area contributed by atoms with Crippen LogP contribution >= 0.6 is 23.2 Å². The predicted molar refractivity (Wildman–Crippen MR) is 88.5 cm³/mol. The van der Waals surface area contributed by atoms with Gasteiger partial charge in [0.2, 0.25) is 0 Å². The minimum absolute atomic E-state index is 0.411. The molecule has 4 nitrogen and oxygen atoms in total. The van der Waals surface area contributed by atoms with E-state index in [2.05, 4.69) is 33.5 Å². The summed E-state index contributed by atoms with van der Waals surface area (Å²) < 4.78 is 0. The lowest BCUT2D eigenvalue weighted by Gasteiger charge is -2.25. The third-order valence-corrected chi connectivity index (χ3v) is 4.23. The molecule has 0 unspecified atom stereocenters. The van der Waals surface area contributed by atoms with Crippen molar-refractivity contribution in [2.24, 2.45) is 5.84 Å². The van der Waals surface area contributed by atoms with Crippen molar-refractivity contribution in [2.75, 3.05) is 16.9 Å². The molecule has 2 aromatic rings. The zero-order chi connectivity index (χ0) is 14.8. The number of nitrogens with two attached hydrogens (primary N) is 1. The molecular weight excluding hydrogens is 307 g/mol. The summed E-state index contributed by atoms with van der Waals surface area (Å²) in [4.78, 5) is 6.62. The molecule has 1 aliphatic rings. The number of rotatable bonds is 2. The Morgan fingerprint density at radius 2 is 1.95 bits per heavy atom. The summed E-state index contributed by atoms with van der Waals surface area (Å²) in [5.74, 6) is 6.58. The van der Waals surface area contributed by atoms with Gasteiger partial charge >= 0.3 is 0 Å². The van der Waals surface area contributed by atoms with Gasteiger partial charge in [-0.1, -0.05) is 41.4 Å². The van der Waals surface area contributed by atoms with Crippen LogP contribution in [0, 0.1) is 0 Å². The van der Waals surface area contributed by atoms with E-state index in [1.807, 2.05) is 6.07 Å². The summed E-state index contributed by atoms with van der Waals surface area (Å²) in [6, 6.07) is 10.0. The zero-order valence-electron chi connectivity index (χ0n) is 11.4. The highest BCUT2D eigenvalue weighted by molar-refractivity contribution is 6.37. The van der Waals surface area contributed by atoms with Gasteiger partial charge in [-0.2, -0.15) is 0 Å². The molecule has 3 N–H and O–H groups in total. The fourth-order valence-corrected chi connectivity index (χ4v) is 3.17. The van der Waals surface area contributed by atoms with E-state index in [0.29, 0.717) is 21.7 Å². The summed E-state index contributed by atoms with van der Waals surface area (Å²) in [5.41, 5.74) is 4.97. The number of anilines is 3. The summed E-state index contributed by atoms with van der Waals surface area (Å²) in [7, 11) is 0. The number of benzene rings is 1. The lowest BCUT2D eigenvalue weighted by atomic mass is 10.1. The smallest absolute Gasteiger partial charge is 0.161 e. The summed E-state index contributed by atoms with van der Waals surface area (Å²) >= 11 is 12.4. The van der Waals surface area contributed by atoms with Crippen LogP contribution in [0.1, 0.15) is 18.4 Å². The van der Waals surface area contributed by atoms with Gasteiger partial charge in [0.1, 0.15) is 0 Å². The Kier molecular flexibility index (Phi) is 4.19. The first-order valence-corrected chi connectivity index (χ1v) is 7.64. The zero-order valence-corrected chi connectivity index (χ0v) is 13.0. The van der Waals surface area contributed by atoms with Crippen molar-refractivity contribution >= 4 is 40.5 Å². The highest BCUT2D eigenvalue weighted by atomic mass is 35.5. The van der Waals surface area contributed by atoms with Crippen LogP contribution in [0.5, 0.6) is 0 Å². The van der Waals surface area contributed by atoms with Crippen molar-refractivity contribution in [3.05, 3.63) is 45.9 Å². The van der Waals surface area contributed by atoms with Gasteiger partial charge in [-0.05, 0) is 37.0 Å². The largest absolute Gasteiger partial charge is 0.325 e. The lowest BCUT2D eigenvalue weighted by molar-refractivity contribution is 0.758. The summed E-state index contributed by atoms with van der Waals surface area (Å²) in [6.45, 7) is 0.870. The normalized spacial score (nSPS) is 14.5. The van der Waals surface area contributed by atoms with Gasteiger partial charge in [0.05, 0.1) is 10.0 Å². The van der Waals surface area contributed by atoms with Crippen molar-refractivity contribution in [3.8, 4) is 0 Å². The number of hydrogen-bond acceptors (Lipinski definition) is 4. The second kappa shape index (κ2) is 6.10. The monoisotopic (exact) mass is 322 g/mol. The molecule has 0 radical (unpaired) electrons. The number of nitrogen functional groups attached to an aromatic ring is 1. The molecule has 1 aromatic heterocycles. The molecular formula is C15H16Cl2N4. The summed E-state index contributed by atoms with van der Waals surface area (Å²) in [6.07, 6.45) is 3.31. The maximum atomic E-state index is 6.35. The number of hydrogen-bond donors (Lipinski definition) is 2. The number of fused-ring (bicyclic) bond motifs is 1. The Morgan fingerprint density at radius 3 is 2.76 bits per heavy atom. The maximum absolute atomic E-state index is 6.35. The van der Waals surface area contributed by atoms with E-state index in [9.17, 15) is 0 Å². The molecule has 6 heteroatoms. The van der Waals surface area contributed by atoms with Gasteiger partial charge in [-0.25, -0.2) is 10.8 Å². The fraction of sp³-hybridized carbons (Fsp3) is 0.267. The molecule has 0 fully saturated rings. The Labute approximate surface area is 133 Å². The van der Waals surface area contributed by atoms with E-state index in [0.717, 1.165) is 31.5 Å². The van der Waals surface area contributed by atoms with Crippen molar-refractivity contribution in [1.82, 2.24) is 4.98 Å². The van der Waals surface area contributed by atoms with Crippen LogP contribution < -0.4 is 16.2 Å². The number of aryl methyl sites for hydroxylation is 1. The van der Waals surface area contributed by atoms with Crippen LogP contribution in [-0.2, 0) is 6.42 Å². The van der Waals surface area contributed by atoms with Crippen LogP contribution in [-0.4, -0.2) is 11.5 Å². The van der Waals surface area contributed by atoms with E-state index in [1.54, 1.807) is 6.07 Å². The van der Waals surface area contributed by atoms with Crippen LogP contribution in [0.2, 0.25) is 10.0 Å². The molecule has 0 aliphatic carbocycles. The van der Waals surface area contributed by atoms with Crippen LogP contribution in [0.15, 0.2) is 30.3 Å². The van der Waals surface area contributed by atoms with Crippen LogP contribution in [0.3, 0.4) is 0 Å². The topological polar surface area (TPSA) is 54.2 Å². The molecule has 0 spiro atoms. The number of aromatic nitrogens is 1. The van der Waals surface area contributed by atoms with Crippen molar-refractivity contribution in [3.63, 3.8) is 0 Å². The Morgan fingerprint density at radius 1 is 1.14 bits per heavy atom. The van der Waals surface area contributed by atoms with Gasteiger partial charge in [0.15, 0.2) is 11.6 Å².